The summed E-state index contributed by atoms with van der Waals surface area (Å²) in [5.74, 6) is 0.572. The number of methoxy groups -OCH3 is 1. The average molecular weight is 356 g/mol. The molecule has 0 atom stereocenters. The third kappa shape index (κ3) is 5.58. The number of para-hydroxylation sites is 2. The van der Waals surface area contributed by atoms with E-state index in [1.165, 1.54) is 6.92 Å². The molecule has 7 heteroatoms. The van der Waals surface area contributed by atoms with Crippen molar-refractivity contribution in [2.45, 2.75) is 13.8 Å². The zero-order valence-corrected chi connectivity index (χ0v) is 15.1. The van der Waals surface area contributed by atoms with Crippen molar-refractivity contribution in [2.24, 2.45) is 5.10 Å². The molecule has 0 saturated carbocycles. The van der Waals surface area contributed by atoms with Crippen molar-refractivity contribution in [2.75, 3.05) is 17.7 Å². The molecule has 0 heterocycles. The fourth-order valence-electron chi connectivity index (χ4n) is 2.12. The van der Waals surface area contributed by atoms with Crippen molar-refractivity contribution in [3.05, 3.63) is 54.1 Å². The van der Waals surface area contributed by atoms with Crippen LogP contribution in [0.15, 0.2) is 53.6 Å². The molecule has 0 aliphatic rings. The minimum Gasteiger partial charge on any atom is -0.495 e. The first-order chi connectivity index (χ1) is 12.0. The van der Waals surface area contributed by atoms with E-state index in [-0.39, 0.29) is 5.91 Å². The Morgan fingerprint density at radius 2 is 1.84 bits per heavy atom. The molecule has 0 radical (unpaired) electrons. The summed E-state index contributed by atoms with van der Waals surface area (Å²) >= 11 is 5.25. The fourth-order valence-corrected chi connectivity index (χ4v) is 2.28. The van der Waals surface area contributed by atoms with E-state index in [9.17, 15) is 4.79 Å². The number of nitrogens with one attached hydrogen (secondary N) is 3. The maximum Gasteiger partial charge on any atom is 0.221 e. The van der Waals surface area contributed by atoms with Gasteiger partial charge in [-0.15, -0.1) is 0 Å². The van der Waals surface area contributed by atoms with Crippen LogP contribution in [0.3, 0.4) is 0 Å². The summed E-state index contributed by atoms with van der Waals surface area (Å²) in [6.07, 6.45) is 0. The normalized spacial score (nSPS) is 10.8. The summed E-state index contributed by atoms with van der Waals surface area (Å²) in [6.45, 7) is 3.32. The Morgan fingerprint density at radius 3 is 2.56 bits per heavy atom. The van der Waals surface area contributed by atoms with Gasteiger partial charge in [-0.3, -0.25) is 10.2 Å². The van der Waals surface area contributed by atoms with Crippen molar-refractivity contribution in [3.63, 3.8) is 0 Å². The molecule has 2 aromatic rings. The van der Waals surface area contributed by atoms with Crippen LogP contribution in [0.5, 0.6) is 5.75 Å². The highest BCUT2D eigenvalue weighted by molar-refractivity contribution is 7.80. The van der Waals surface area contributed by atoms with Crippen LogP contribution < -0.4 is 20.8 Å². The molecule has 0 saturated heterocycles. The third-order valence-corrected chi connectivity index (χ3v) is 3.47. The zero-order chi connectivity index (χ0) is 18.2. The Bertz CT molecular complexity index is 805. The molecule has 130 valence electrons. The fraction of sp³-hybridized carbons (Fsp3) is 0.167. The van der Waals surface area contributed by atoms with Gasteiger partial charge in [0.2, 0.25) is 5.91 Å². The topological polar surface area (TPSA) is 74.8 Å². The number of amides is 1. The summed E-state index contributed by atoms with van der Waals surface area (Å²) in [6, 6.07) is 14.9. The standard InChI is InChI=1S/C18H20N4O2S/c1-12(14-7-6-8-15(11-14)19-13(2)23)21-22-18(25)20-16-9-4-5-10-17(16)24-3/h4-11H,1-3H3,(H,19,23)(H2,20,22,25)/b21-12+. The third-order valence-electron chi connectivity index (χ3n) is 3.28. The summed E-state index contributed by atoms with van der Waals surface area (Å²) in [7, 11) is 1.60. The van der Waals surface area contributed by atoms with Gasteiger partial charge in [0, 0.05) is 12.6 Å². The lowest BCUT2D eigenvalue weighted by Crippen LogP contribution is -2.25. The predicted octanol–water partition coefficient (Wildman–Crippen LogP) is 3.36. The SMILES string of the molecule is COc1ccccc1NC(=S)N/N=C(\C)c1cccc(NC(C)=O)c1. The van der Waals surface area contributed by atoms with Crippen LogP contribution in [0.1, 0.15) is 19.4 Å². The van der Waals surface area contributed by atoms with Crippen LogP contribution >= 0.6 is 12.2 Å². The molecule has 0 aromatic heterocycles. The number of carbonyl (C=O) groups is 1. The van der Waals surface area contributed by atoms with E-state index in [4.69, 9.17) is 17.0 Å². The number of hydrazone groups is 1. The maximum absolute atomic E-state index is 11.1. The largest absolute Gasteiger partial charge is 0.495 e. The lowest BCUT2D eigenvalue weighted by Gasteiger charge is -2.11. The summed E-state index contributed by atoms with van der Waals surface area (Å²) in [5.41, 5.74) is 5.88. The van der Waals surface area contributed by atoms with Gasteiger partial charge in [0.05, 0.1) is 18.5 Å². The van der Waals surface area contributed by atoms with Crippen LogP contribution in [-0.4, -0.2) is 23.8 Å². The Hall–Kier alpha value is -2.93. The molecule has 6 nitrogen and oxygen atoms in total. The second kappa shape index (κ2) is 8.79. The molecule has 0 bridgehead atoms. The summed E-state index contributed by atoms with van der Waals surface area (Å²) in [5, 5.41) is 10.4. The van der Waals surface area contributed by atoms with Gasteiger partial charge in [0.15, 0.2) is 5.11 Å². The molecule has 3 N–H and O–H groups in total. The van der Waals surface area contributed by atoms with E-state index in [0.29, 0.717) is 16.5 Å². The minimum atomic E-state index is -0.118. The van der Waals surface area contributed by atoms with Crippen LogP contribution in [-0.2, 0) is 4.79 Å². The van der Waals surface area contributed by atoms with Gasteiger partial charge in [0.1, 0.15) is 5.75 Å². The molecule has 0 fully saturated rings. The monoisotopic (exact) mass is 356 g/mol. The van der Waals surface area contributed by atoms with E-state index in [0.717, 1.165) is 17.0 Å². The molecule has 0 aliphatic carbocycles. The molecule has 0 spiro atoms. The van der Waals surface area contributed by atoms with Gasteiger partial charge in [-0.25, -0.2) is 0 Å². The molecule has 0 unspecified atom stereocenters. The molecule has 1 amide bonds. The Morgan fingerprint density at radius 1 is 1.08 bits per heavy atom. The molecule has 2 aromatic carbocycles. The van der Waals surface area contributed by atoms with Crippen molar-refractivity contribution >= 4 is 40.3 Å². The van der Waals surface area contributed by atoms with Gasteiger partial charge < -0.3 is 15.4 Å². The maximum atomic E-state index is 11.1. The number of carbonyl (C=O) groups excluding carboxylic acids is 1. The number of rotatable bonds is 5. The highest BCUT2D eigenvalue weighted by Crippen LogP contribution is 2.22. The van der Waals surface area contributed by atoms with E-state index in [2.05, 4.69) is 21.2 Å². The van der Waals surface area contributed by atoms with Crippen LogP contribution in [0.4, 0.5) is 11.4 Å². The smallest absolute Gasteiger partial charge is 0.221 e. The number of thiocarbonyl (C=S) groups is 1. The van der Waals surface area contributed by atoms with E-state index in [1.54, 1.807) is 7.11 Å². The molecular weight excluding hydrogens is 336 g/mol. The summed E-state index contributed by atoms with van der Waals surface area (Å²) < 4.78 is 5.27. The number of anilines is 2. The predicted molar refractivity (Wildman–Crippen MR) is 105 cm³/mol. The van der Waals surface area contributed by atoms with E-state index < -0.39 is 0 Å². The quantitative estimate of drug-likeness (QED) is 0.435. The van der Waals surface area contributed by atoms with Crippen molar-refractivity contribution < 1.29 is 9.53 Å². The average Bonchev–Trinajstić information content (AvgIpc) is 2.60. The second-order valence-corrected chi connectivity index (χ2v) is 5.63. The first kappa shape index (κ1) is 18.4. The Labute approximate surface area is 152 Å². The van der Waals surface area contributed by atoms with Crippen LogP contribution in [0.25, 0.3) is 0 Å². The van der Waals surface area contributed by atoms with E-state index in [1.807, 2.05) is 55.5 Å². The van der Waals surface area contributed by atoms with Crippen molar-refractivity contribution in [1.82, 2.24) is 5.43 Å². The van der Waals surface area contributed by atoms with Gasteiger partial charge in [-0.2, -0.15) is 5.10 Å². The molecule has 25 heavy (non-hydrogen) atoms. The number of ether oxygens (including phenoxy) is 1. The van der Waals surface area contributed by atoms with E-state index >= 15 is 0 Å². The number of hydrogen-bond acceptors (Lipinski definition) is 4. The number of hydrogen-bond donors (Lipinski definition) is 3. The highest BCUT2D eigenvalue weighted by Gasteiger charge is 2.04. The van der Waals surface area contributed by atoms with Gasteiger partial charge in [-0.05, 0) is 49.0 Å². The highest BCUT2D eigenvalue weighted by atomic mass is 32.1. The lowest BCUT2D eigenvalue weighted by molar-refractivity contribution is -0.114. The van der Waals surface area contributed by atoms with Crippen LogP contribution in [0, 0.1) is 0 Å². The molecule has 2 rings (SSSR count). The number of benzene rings is 2. The Balaban J connectivity index is 2.03. The van der Waals surface area contributed by atoms with Crippen LogP contribution in [0.2, 0.25) is 0 Å². The van der Waals surface area contributed by atoms with Gasteiger partial charge in [0.25, 0.3) is 0 Å². The molecule has 0 aliphatic heterocycles. The minimum absolute atomic E-state index is 0.118. The zero-order valence-electron chi connectivity index (χ0n) is 14.3. The lowest BCUT2D eigenvalue weighted by atomic mass is 10.1. The van der Waals surface area contributed by atoms with Crippen molar-refractivity contribution in [1.29, 1.82) is 0 Å². The summed E-state index contributed by atoms with van der Waals surface area (Å²) in [4.78, 5) is 11.1. The van der Waals surface area contributed by atoms with Gasteiger partial charge >= 0.3 is 0 Å². The first-order valence-corrected chi connectivity index (χ1v) is 8.02. The second-order valence-electron chi connectivity index (χ2n) is 5.23. The van der Waals surface area contributed by atoms with Crippen molar-refractivity contribution in [3.8, 4) is 5.75 Å². The molecular formula is C18H20N4O2S. The first-order valence-electron chi connectivity index (χ1n) is 7.62. The Kier molecular flexibility index (Phi) is 6.47. The number of nitrogens with zero attached hydrogens (tertiary/aromatic N) is 1. The van der Waals surface area contributed by atoms with Gasteiger partial charge in [-0.1, -0.05) is 24.3 Å².